The summed E-state index contributed by atoms with van der Waals surface area (Å²) < 4.78 is 6.76. The highest BCUT2D eigenvalue weighted by molar-refractivity contribution is 7.98. The lowest BCUT2D eigenvalue weighted by molar-refractivity contribution is -0.115. The normalized spacial score (nSPS) is 10.8. The van der Waals surface area contributed by atoms with Gasteiger partial charge in [0, 0.05) is 35.2 Å². The van der Waals surface area contributed by atoms with Crippen molar-refractivity contribution in [3.8, 4) is 5.75 Å². The molecule has 0 aliphatic heterocycles. The summed E-state index contributed by atoms with van der Waals surface area (Å²) in [4.78, 5) is 28.9. The van der Waals surface area contributed by atoms with Crippen molar-refractivity contribution < 1.29 is 9.53 Å². The van der Waals surface area contributed by atoms with E-state index in [1.807, 2.05) is 19.1 Å². The largest absolute Gasteiger partial charge is 0.495 e. The van der Waals surface area contributed by atoms with Crippen LogP contribution in [0.3, 0.4) is 0 Å². The predicted octanol–water partition coefficient (Wildman–Crippen LogP) is 3.93. The van der Waals surface area contributed by atoms with E-state index in [1.165, 1.54) is 17.6 Å². The lowest BCUT2D eigenvalue weighted by Gasteiger charge is -2.10. The summed E-state index contributed by atoms with van der Waals surface area (Å²) in [6.45, 7) is 1.93. The summed E-state index contributed by atoms with van der Waals surface area (Å²) >= 11 is 7.52. The van der Waals surface area contributed by atoms with Crippen molar-refractivity contribution in [2.45, 2.75) is 19.1 Å². The number of fused-ring (bicyclic) bond motifs is 1. The van der Waals surface area contributed by atoms with E-state index in [4.69, 9.17) is 16.3 Å². The standard InChI is InChI=1S/C20H20ClN3O3S/c1-13-3-6-18-22-15(10-20(26)24(18)11-13)12-28-8-7-19(25)23-16-9-14(21)4-5-17(16)27-2/h3-6,9-11H,7-8,12H2,1-2H3,(H,23,25). The maximum Gasteiger partial charge on any atom is 0.258 e. The molecule has 6 nitrogen and oxygen atoms in total. The molecule has 3 rings (SSSR count). The molecule has 28 heavy (non-hydrogen) atoms. The minimum atomic E-state index is -0.130. The first-order chi connectivity index (χ1) is 13.5. The summed E-state index contributed by atoms with van der Waals surface area (Å²) in [5, 5.41) is 3.33. The second-order valence-corrected chi connectivity index (χ2v) is 7.76. The fraction of sp³-hybridized carbons (Fsp3) is 0.250. The third-order valence-electron chi connectivity index (χ3n) is 4.02. The fourth-order valence-corrected chi connectivity index (χ4v) is 3.67. The highest BCUT2D eigenvalue weighted by Crippen LogP contribution is 2.27. The minimum absolute atomic E-state index is 0.102. The quantitative estimate of drug-likeness (QED) is 0.590. The van der Waals surface area contributed by atoms with Crippen LogP contribution in [-0.2, 0) is 10.5 Å². The molecule has 0 bridgehead atoms. The number of benzene rings is 1. The van der Waals surface area contributed by atoms with Crippen molar-refractivity contribution in [1.82, 2.24) is 9.38 Å². The van der Waals surface area contributed by atoms with Crippen molar-refractivity contribution in [3.63, 3.8) is 0 Å². The van der Waals surface area contributed by atoms with Crippen LogP contribution in [0.2, 0.25) is 5.02 Å². The van der Waals surface area contributed by atoms with E-state index in [2.05, 4.69) is 10.3 Å². The molecule has 0 atom stereocenters. The van der Waals surface area contributed by atoms with Crippen LogP contribution in [0, 0.1) is 6.92 Å². The van der Waals surface area contributed by atoms with Gasteiger partial charge in [0.15, 0.2) is 0 Å². The van der Waals surface area contributed by atoms with E-state index in [0.717, 1.165) is 5.56 Å². The highest BCUT2D eigenvalue weighted by Gasteiger charge is 2.09. The van der Waals surface area contributed by atoms with E-state index >= 15 is 0 Å². The zero-order chi connectivity index (χ0) is 20.1. The van der Waals surface area contributed by atoms with Gasteiger partial charge in [-0.05, 0) is 36.8 Å². The molecule has 8 heteroatoms. The Bertz CT molecular complexity index is 1070. The van der Waals surface area contributed by atoms with Crippen LogP contribution in [-0.4, -0.2) is 28.2 Å². The fourth-order valence-electron chi connectivity index (χ4n) is 2.66. The van der Waals surface area contributed by atoms with E-state index < -0.39 is 0 Å². The number of pyridine rings is 1. The first kappa shape index (κ1) is 20.2. The molecule has 0 fully saturated rings. The Morgan fingerprint density at radius 1 is 1.29 bits per heavy atom. The van der Waals surface area contributed by atoms with Gasteiger partial charge in [-0.2, -0.15) is 11.8 Å². The van der Waals surface area contributed by atoms with E-state index in [9.17, 15) is 9.59 Å². The van der Waals surface area contributed by atoms with Crippen LogP contribution in [0.4, 0.5) is 5.69 Å². The molecule has 0 aliphatic rings. The molecule has 0 spiro atoms. The number of methoxy groups -OCH3 is 1. The molecule has 2 heterocycles. The molecule has 0 saturated carbocycles. The van der Waals surface area contributed by atoms with Gasteiger partial charge in [-0.15, -0.1) is 0 Å². The Labute approximate surface area is 171 Å². The maximum atomic E-state index is 12.2. The van der Waals surface area contributed by atoms with Gasteiger partial charge in [-0.25, -0.2) is 4.98 Å². The van der Waals surface area contributed by atoms with Gasteiger partial charge < -0.3 is 10.1 Å². The number of halogens is 1. The average Bonchev–Trinajstić information content (AvgIpc) is 2.66. The number of thioether (sulfide) groups is 1. The molecule has 1 aromatic carbocycles. The number of carbonyl (C=O) groups excluding carboxylic acids is 1. The van der Waals surface area contributed by atoms with Gasteiger partial charge >= 0.3 is 0 Å². The van der Waals surface area contributed by atoms with E-state index in [0.29, 0.717) is 45.7 Å². The molecule has 1 amide bonds. The van der Waals surface area contributed by atoms with Gasteiger partial charge in [0.2, 0.25) is 5.91 Å². The predicted molar refractivity (Wildman–Crippen MR) is 114 cm³/mol. The number of aromatic nitrogens is 2. The van der Waals surface area contributed by atoms with Gasteiger partial charge in [0.25, 0.3) is 5.56 Å². The van der Waals surface area contributed by atoms with Crippen molar-refractivity contribution >= 4 is 40.6 Å². The van der Waals surface area contributed by atoms with Crippen LogP contribution in [0.25, 0.3) is 5.65 Å². The zero-order valence-corrected chi connectivity index (χ0v) is 17.1. The van der Waals surface area contributed by atoms with Crippen molar-refractivity contribution in [2.75, 3.05) is 18.2 Å². The van der Waals surface area contributed by atoms with Gasteiger partial charge in [0.05, 0.1) is 18.5 Å². The molecular weight excluding hydrogens is 398 g/mol. The summed E-state index contributed by atoms with van der Waals surface area (Å²) in [5.74, 6) is 1.59. The van der Waals surface area contributed by atoms with Crippen LogP contribution >= 0.6 is 23.4 Å². The number of rotatable bonds is 7. The van der Waals surface area contributed by atoms with E-state index in [-0.39, 0.29) is 11.5 Å². The van der Waals surface area contributed by atoms with Crippen molar-refractivity contribution in [2.24, 2.45) is 0 Å². The second-order valence-electron chi connectivity index (χ2n) is 6.22. The molecule has 2 aromatic heterocycles. The van der Waals surface area contributed by atoms with Gasteiger partial charge in [0.1, 0.15) is 11.4 Å². The summed E-state index contributed by atoms with van der Waals surface area (Å²) in [6, 6.07) is 10.4. The smallest absolute Gasteiger partial charge is 0.258 e. The molecule has 0 unspecified atom stereocenters. The Hall–Kier alpha value is -2.51. The summed E-state index contributed by atoms with van der Waals surface area (Å²) in [6.07, 6.45) is 2.10. The highest BCUT2D eigenvalue weighted by atomic mass is 35.5. The monoisotopic (exact) mass is 417 g/mol. The SMILES string of the molecule is COc1ccc(Cl)cc1NC(=O)CCSCc1cc(=O)n2cc(C)ccc2n1. The third kappa shape index (κ3) is 5.05. The number of carbonyl (C=O) groups is 1. The van der Waals surface area contributed by atoms with Crippen LogP contribution < -0.4 is 15.6 Å². The Kier molecular flexibility index (Phi) is 6.59. The van der Waals surface area contributed by atoms with E-state index in [1.54, 1.807) is 36.2 Å². The van der Waals surface area contributed by atoms with Gasteiger partial charge in [-0.1, -0.05) is 17.7 Å². The summed E-state index contributed by atoms with van der Waals surface area (Å²) in [7, 11) is 1.54. The zero-order valence-electron chi connectivity index (χ0n) is 15.6. The number of nitrogens with zero attached hydrogens (tertiary/aromatic N) is 2. The number of hydrogen-bond donors (Lipinski definition) is 1. The molecule has 3 aromatic rings. The number of anilines is 1. The number of hydrogen-bond acceptors (Lipinski definition) is 5. The molecule has 1 N–H and O–H groups in total. The number of amides is 1. The van der Waals surface area contributed by atoms with Crippen LogP contribution in [0.15, 0.2) is 47.4 Å². The van der Waals surface area contributed by atoms with Crippen LogP contribution in [0.1, 0.15) is 17.7 Å². The Morgan fingerprint density at radius 2 is 2.11 bits per heavy atom. The van der Waals surface area contributed by atoms with Crippen LogP contribution in [0.5, 0.6) is 5.75 Å². The lowest BCUT2D eigenvalue weighted by atomic mass is 10.3. The van der Waals surface area contributed by atoms with Gasteiger partial charge in [-0.3, -0.25) is 14.0 Å². The van der Waals surface area contributed by atoms with Crippen molar-refractivity contribution in [1.29, 1.82) is 0 Å². The summed E-state index contributed by atoms with van der Waals surface area (Å²) in [5.41, 5.74) is 2.77. The molecular formula is C20H20ClN3O3S. The third-order valence-corrected chi connectivity index (χ3v) is 5.25. The topological polar surface area (TPSA) is 72.7 Å². The Morgan fingerprint density at radius 3 is 2.89 bits per heavy atom. The maximum absolute atomic E-state index is 12.2. The average molecular weight is 418 g/mol. The second kappa shape index (κ2) is 9.12. The number of ether oxygens (including phenoxy) is 1. The Balaban J connectivity index is 1.54. The minimum Gasteiger partial charge on any atom is -0.495 e. The molecule has 0 aliphatic carbocycles. The molecule has 0 radical (unpaired) electrons. The molecule has 0 saturated heterocycles. The molecule has 146 valence electrons. The first-order valence-electron chi connectivity index (χ1n) is 8.66. The van der Waals surface area contributed by atoms with Crippen molar-refractivity contribution in [3.05, 3.63) is 69.2 Å². The lowest BCUT2D eigenvalue weighted by Crippen LogP contribution is -2.15. The first-order valence-corrected chi connectivity index (χ1v) is 10.2. The number of nitrogens with one attached hydrogen (secondary N) is 1. The number of aryl methyl sites for hydroxylation is 1.